The number of nitrogens with one attached hydrogen (secondary N) is 3. The van der Waals surface area contributed by atoms with E-state index in [2.05, 4.69) is 16.0 Å². The second-order valence-electron chi connectivity index (χ2n) is 6.67. The van der Waals surface area contributed by atoms with Gasteiger partial charge >= 0.3 is 6.18 Å². The van der Waals surface area contributed by atoms with E-state index in [0.29, 0.717) is 10.6 Å². The fraction of sp³-hybridized carbons (Fsp3) is 0.250. The fourth-order valence-electron chi connectivity index (χ4n) is 2.86. The van der Waals surface area contributed by atoms with Crippen LogP contribution in [0.5, 0.6) is 0 Å². The zero-order valence-electron chi connectivity index (χ0n) is 15.8. The van der Waals surface area contributed by atoms with E-state index in [1.165, 1.54) is 13.0 Å². The number of hydrogen-bond donors (Lipinski definition) is 3. The average Bonchev–Trinajstić information content (AvgIpc) is 2.65. The Morgan fingerprint density at radius 2 is 1.93 bits per heavy atom. The molecule has 1 heterocycles. The Bertz CT molecular complexity index is 995. The molecule has 1 aliphatic rings. The lowest BCUT2D eigenvalue weighted by Gasteiger charge is -2.24. The Kier molecular flexibility index (Phi) is 6.35. The second kappa shape index (κ2) is 8.78. The smallest absolute Gasteiger partial charge is 0.352 e. The molecule has 6 nitrogen and oxygen atoms in total. The number of rotatable bonds is 5. The van der Waals surface area contributed by atoms with Crippen molar-refractivity contribution in [1.82, 2.24) is 5.32 Å². The van der Waals surface area contributed by atoms with Gasteiger partial charge in [-0.15, -0.1) is 11.8 Å². The largest absolute Gasteiger partial charge is 0.416 e. The summed E-state index contributed by atoms with van der Waals surface area (Å²) in [5, 5.41) is 7.05. The minimum Gasteiger partial charge on any atom is -0.352 e. The summed E-state index contributed by atoms with van der Waals surface area (Å²) in [5.74, 6) is -1.10. The minimum atomic E-state index is -4.50. The molecule has 1 unspecified atom stereocenters. The summed E-state index contributed by atoms with van der Waals surface area (Å²) in [4.78, 5) is 36.1. The van der Waals surface area contributed by atoms with Crippen molar-refractivity contribution in [3.63, 3.8) is 0 Å². The Labute approximate surface area is 174 Å². The Morgan fingerprint density at radius 3 is 2.63 bits per heavy atom. The number of hydrogen-bond acceptors (Lipinski definition) is 4. The monoisotopic (exact) mass is 437 g/mol. The molecule has 10 heteroatoms. The highest BCUT2D eigenvalue weighted by molar-refractivity contribution is 8.01. The average molecular weight is 437 g/mol. The molecule has 0 saturated carbocycles. The highest BCUT2D eigenvalue weighted by atomic mass is 32.2. The van der Waals surface area contributed by atoms with Gasteiger partial charge in [-0.2, -0.15) is 13.2 Å². The summed E-state index contributed by atoms with van der Waals surface area (Å²) in [5.41, 5.74) is 0.609. The van der Waals surface area contributed by atoms with Crippen LogP contribution < -0.4 is 16.0 Å². The van der Waals surface area contributed by atoms with E-state index in [1.54, 1.807) is 24.3 Å². The van der Waals surface area contributed by atoms with Gasteiger partial charge in [0.05, 0.1) is 16.5 Å². The van der Waals surface area contributed by atoms with Crippen LogP contribution >= 0.6 is 11.8 Å². The number of fused-ring (bicyclic) bond motifs is 1. The second-order valence-corrected chi connectivity index (χ2v) is 7.91. The number of alkyl halides is 3. The maximum Gasteiger partial charge on any atom is 0.416 e. The van der Waals surface area contributed by atoms with Crippen LogP contribution in [0.15, 0.2) is 47.4 Å². The number of thioether (sulfide) groups is 1. The lowest BCUT2D eigenvalue weighted by molar-refractivity contribution is -0.137. The van der Waals surface area contributed by atoms with Crippen LogP contribution in [-0.4, -0.2) is 23.0 Å². The molecule has 2 aromatic carbocycles. The van der Waals surface area contributed by atoms with Crippen LogP contribution in [-0.2, 0) is 27.1 Å². The van der Waals surface area contributed by atoms with Gasteiger partial charge in [-0.3, -0.25) is 14.4 Å². The third kappa shape index (κ3) is 5.53. The molecule has 1 atom stereocenters. The van der Waals surface area contributed by atoms with Gasteiger partial charge < -0.3 is 16.0 Å². The quantitative estimate of drug-likeness (QED) is 0.664. The maximum absolute atomic E-state index is 12.8. The van der Waals surface area contributed by atoms with E-state index in [4.69, 9.17) is 0 Å². The van der Waals surface area contributed by atoms with Crippen molar-refractivity contribution < 1.29 is 27.6 Å². The molecule has 0 radical (unpaired) electrons. The molecular formula is C20H18F3N3O3S. The van der Waals surface area contributed by atoms with Crippen LogP contribution in [0, 0.1) is 0 Å². The van der Waals surface area contributed by atoms with Gasteiger partial charge in [0.1, 0.15) is 0 Å². The predicted molar refractivity (Wildman–Crippen MR) is 107 cm³/mol. The molecule has 30 heavy (non-hydrogen) atoms. The van der Waals surface area contributed by atoms with Gasteiger partial charge in [-0.25, -0.2) is 0 Å². The number of carbonyl (C=O) groups excluding carboxylic acids is 3. The molecule has 0 spiro atoms. The summed E-state index contributed by atoms with van der Waals surface area (Å²) in [6.07, 6.45) is -4.62. The molecular weight excluding hydrogens is 419 g/mol. The number of anilines is 2. The zero-order chi connectivity index (χ0) is 21.9. The lowest BCUT2D eigenvalue weighted by Crippen LogP contribution is -2.34. The summed E-state index contributed by atoms with van der Waals surface area (Å²) in [7, 11) is 0. The molecule has 0 saturated heterocycles. The highest BCUT2D eigenvalue weighted by Gasteiger charge is 2.34. The summed E-state index contributed by atoms with van der Waals surface area (Å²) >= 11 is 1.06. The van der Waals surface area contributed by atoms with E-state index >= 15 is 0 Å². The van der Waals surface area contributed by atoms with Gasteiger partial charge in [0.15, 0.2) is 0 Å². The van der Waals surface area contributed by atoms with Crippen LogP contribution in [0.3, 0.4) is 0 Å². The van der Waals surface area contributed by atoms with Crippen molar-refractivity contribution in [3.8, 4) is 0 Å². The van der Waals surface area contributed by atoms with E-state index in [-0.39, 0.29) is 30.5 Å². The number of amides is 3. The molecule has 0 fully saturated rings. The van der Waals surface area contributed by atoms with Crippen LogP contribution in [0.1, 0.15) is 24.5 Å². The van der Waals surface area contributed by atoms with Gasteiger partial charge in [-0.1, -0.05) is 12.1 Å². The SMILES string of the molecule is CC(=O)Nc1cccc(CNC(=O)CC2Sc3ccc(C(F)(F)F)cc3NC2=O)c1. The van der Waals surface area contributed by atoms with Crippen molar-refractivity contribution in [3.05, 3.63) is 53.6 Å². The third-order valence-electron chi connectivity index (χ3n) is 4.23. The Balaban J connectivity index is 1.58. The first-order valence-corrected chi connectivity index (χ1v) is 9.82. The van der Waals surface area contributed by atoms with E-state index in [9.17, 15) is 27.6 Å². The van der Waals surface area contributed by atoms with E-state index in [1.807, 2.05) is 0 Å². The number of carbonyl (C=O) groups is 3. The summed E-state index contributed by atoms with van der Waals surface area (Å²) < 4.78 is 38.5. The van der Waals surface area contributed by atoms with Crippen LogP contribution in [0.25, 0.3) is 0 Å². The van der Waals surface area contributed by atoms with Gasteiger partial charge in [0.25, 0.3) is 0 Å². The Morgan fingerprint density at radius 1 is 1.17 bits per heavy atom. The fourth-order valence-corrected chi connectivity index (χ4v) is 3.96. The van der Waals surface area contributed by atoms with Crippen molar-refractivity contribution >= 4 is 40.9 Å². The molecule has 2 aromatic rings. The van der Waals surface area contributed by atoms with Crippen LogP contribution in [0.4, 0.5) is 24.5 Å². The molecule has 0 bridgehead atoms. The first kappa shape index (κ1) is 21.7. The summed E-state index contributed by atoms with van der Waals surface area (Å²) in [6, 6.07) is 10.1. The van der Waals surface area contributed by atoms with Gasteiger partial charge in [0.2, 0.25) is 17.7 Å². The number of benzene rings is 2. The third-order valence-corrected chi connectivity index (χ3v) is 5.51. The topological polar surface area (TPSA) is 87.3 Å². The van der Waals surface area contributed by atoms with Crippen molar-refractivity contribution in [2.45, 2.75) is 36.2 Å². The first-order chi connectivity index (χ1) is 14.1. The molecule has 3 amide bonds. The zero-order valence-corrected chi connectivity index (χ0v) is 16.6. The van der Waals surface area contributed by atoms with E-state index in [0.717, 1.165) is 29.5 Å². The maximum atomic E-state index is 12.8. The van der Waals surface area contributed by atoms with Crippen molar-refractivity contribution in [2.75, 3.05) is 10.6 Å². The lowest BCUT2D eigenvalue weighted by atomic mass is 10.1. The van der Waals surface area contributed by atoms with Gasteiger partial charge in [-0.05, 0) is 35.9 Å². The van der Waals surface area contributed by atoms with Crippen molar-refractivity contribution in [2.24, 2.45) is 0 Å². The minimum absolute atomic E-state index is 0.0891. The van der Waals surface area contributed by atoms with Crippen molar-refractivity contribution in [1.29, 1.82) is 0 Å². The molecule has 1 aliphatic heterocycles. The van der Waals surface area contributed by atoms with E-state index < -0.39 is 22.9 Å². The molecule has 3 N–H and O–H groups in total. The van der Waals surface area contributed by atoms with Crippen LogP contribution in [0.2, 0.25) is 0 Å². The van der Waals surface area contributed by atoms with Gasteiger partial charge in [0, 0.05) is 30.5 Å². The highest BCUT2D eigenvalue weighted by Crippen LogP contribution is 2.40. The normalized spacial score (nSPS) is 15.7. The molecule has 3 rings (SSSR count). The summed E-state index contributed by atoms with van der Waals surface area (Å²) in [6.45, 7) is 1.60. The predicted octanol–water partition coefficient (Wildman–Crippen LogP) is 3.78. The Hall–Kier alpha value is -3.01. The number of halogens is 3. The molecule has 158 valence electrons. The first-order valence-electron chi connectivity index (χ1n) is 8.94. The standard InChI is InChI=1S/C20H18F3N3O3S/c1-11(27)25-14-4-2-3-12(7-14)10-24-18(28)9-17-19(29)26-15-8-13(20(21,22)23)5-6-16(15)30-17/h2-8,17H,9-10H2,1H3,(H,24,28)(H,25,27)(H,26,29). The molecule has 0 aliphatic carbocycles. The molecule has 0 aromatic heterocycles.